The van der Waals surface area contributed by atoms with E-state index in [9.17, 15) is 4.79 Å². The Morgan fingerprint density at radius 1 is 1.29 bits per heavy atom. The molecule has 1 atom stereocenters. The van der Waals surface area contributed by atoms with E-state index in [0.717, 1.165) is 9.32 Å². The van der Waals surface area contributed by atoms with Crippen LogP contribution >= 0.6 is 22.6 Å². The Balaban J connectivity index is 2.35. The van der Waals surface area contributed by atoms with Crippen molar-refractivity contribution in [3.05, 3.63) is 27.8 Å². The van der Waals surface area contributed by atoms with Crippen LogP contribution < -0.4 is 10.1 Å². The van der Waals surface area contributed by atoms with Gasteiger partial charge in [-0.15, -0.1) is 0 Å². The van der Waals surface area contributed by atoms with Crippen molar-refractivity contribution in [3.63, 3.8) is 0 Å². The van der Waals surface area contributed by atoms with E-state index in [1.165, 1.54) is 0 Å². The van der Waals surface area contributed by atoms with Crippen LogP contribution in [0.15, 0.2) is 24.3 Å². The molecule has 17 heavy (non-hydrogen) atoms. The average Bonchev–Trinajstić information content (AvgIpc) is 2.28. The van der Waals surface area contributed by atoms with Gasteiger partial charge in [0.25, 0.3) is 5.91 Å². The molecule has 1 aromatic carbocycles. The molecule has 0 aliphatic heterocycles. The summed E-state index contributed by atoms with van der Waals surface area (Å²) in [5.74, 6) is 1.07. The van der Waals surface area contributed by atoms with Gasteiger partial charge in [-0.2, -0.15) is 0 Å². The molecule has 1 aromatic rings. The molecule has 1 N–H and O–H groups in total. The van der Waals surface area contributed by atoms with Gasteiger partial charge in [0.2, 0.25) is 0 Å². The molecule has 0 radical (unpaired) electrons. The minimum Gasteiger partial charge on any atom is -0.484 e. The van der Waals surface area contributed by atoms with Gasteiger partial charge in [0.15, 0.2) is 6.61 Å². The van der Waals surface area contributed by atoms with Crippen molar-refractivity contribution in [2.75, 3.05) is 6.61 Å². The normalized spacial score (nSPS) is 12.3. The molecule has 1 rings (SSSR count). The van der Waals surface area contributed by atoms with E-state index < -0.39 is 0 Å². The number of benzene rings is 1. The van der Waals surface area contributed by atoms with E-state index in [1.54, 1.807) is 0 Å². The van der Waals surface area contributed by atoms with Crippen molar-refractivity contribution < 1.29 is 9.53 Å². The third-order valence-corrected chi connectivity index (χ3v) is 3.29. The van der Waals surface area contributed by atoms with Gasteiger partial charge in [0.1, 0.15) is 5.75 Å². The average molecular weight is 347 g/mol. The highest BCUT2D eigenvalue weighted by atomic mass is 127. The molecule has 0 saturated heterocycles. The van der Waals surface area contributed by atoms with Crippen LogP contribution in [0.25, 0.3) is 0 Å². The predicted molar refractivity (Wildman–Crippen MR) is 77.1 cm³/mol. The fourth-order valence-electron chi connectivity index (χ4n) is 1.14. The van der Waals surface area contributed by atoms with Crippen molar-refractivity contribution in [2.45, 2.75) is 26.8 Å². The highest BCUT2D eigenvalue weighted by Gasteiger charge is 2.10. The molecule has 1 amide bonds. The number of carbonyl (C=O) groups is 1. The highest BCUT2D eigenvalue weighted by molar-refractivity contribution is 14.1. The van der Waals surface area contributed by atoms with Crippen molar-refractivity contribution in [2.24, 2.45) is 5.92 Å². The summed E-state index contributed by atoms with van der Waals surface area (Å²) in [5.41, 5.74) is 0. The zero-order valence-electron chi connectivity index (χ0n) is 10.4. The van der Waals surface area contributed by atoms with Crippen molar-refractivity contribution in [3.8, 4) is 5.75 Å². The van der Waals surface area contributed by atoms with E-state index in [4.69, 9.17) is 4.74 Å². The smallest absolute Gasteiger partial charge is 0.258 e. The molecule has 0 aliphatic carbocycles. The molecule has 0 aliphatic rings. The number of ether oxygens (including phenoxy) is 1. The molecule has 0 aromatic heterocycles. The molecule has 0 saturated carbocycles. The minimum atomic E-state index is -0.0789. The summed E-state index contributed by atoms with van der Waals surface area (Å²) < 4.78 is 6.53. The van der Waals surface area contributed by atoms with Crippen LogP contribution in [0, 0.1) is 9.49 Å². The van der Waals surface area contributed by atoms with Crippen LogP contribution in [0.2, 0.25) is 0 Å². The number of rotatable bonds is 5. The van der Waals surface area contributed by atoms with Crippen LogP contribution in [0.5, 0.6) is 5.75 Å². The Bertz CT molecular complexity index is 362. The van der Waals surface area contributed by atoms with Crippen molar-refractivity contribution in [1.82, 2.24) is 5.32 Å². The number of nitrogens with one attached hydrogen (secondary N) is 1. The third-order valence-electron chi connectivity index (χ3n) is 2.57. The summed E-state index contributed by atoms with van der Waals surface area (Å²) >= 11 is 2.23. The van der Waals surface area contributed by atoms with E-state index in [1.807, 2.05) is 31.2 Å². The maximum atomic E-state index is 11.6. The summed E-state index contributed by atoms with van der Waals surface area (Å²) in [7, 11) is 0. The molecular weight excluding hydrogens is 329 g/mol. The molecule has 4 heteroatoms. The quantitative estimate of drug-likeness (QED) is 0.832. The SMILES string of the molecule is CC(C)[C@@H](C)NC(=O)COc1ccc(I)cc1. The van der Waals surface area contributed by atoms with Gasteiger partial charge in [-0.05, 0) is 59.7 Å². The zero-order valence-corrected chi connectivity index (χ0v) is 12.5. The van der Waals surface area contributed by atoms with Crippen LogP contribution in [0.1, 0.15) is 20.8 Å². The van der Waals surface area contributed by atoms with Crippen molar-refractivity contribution in [1.29, 1.82) is 0 Å². The zero-order chi connectivity index (χ0) is 12.8. The standard InChI is InChI=1S/C13H18INO2/c1-9(2)10(3)15-13(16)8-17-12-6-4-11(14)5-7-12/h4-7,9-10H,8H2,1-3H3,(H,15,16)/t10-/m1/s1. The minimum absolute atomic E-state index is 0.0671. The third kappa shape index (κ3) is 5.39. The maximum absolute atomic E-state index is 11.6. The summed E-state index contributed by atoms with van der Waals surface area (Å²) in [6.45, 7) is 6.21. The van der Waals surface area contributed by atoms with Crippen LogP contribution in [0.3, 0.4) is 0 Å². The second-order valence-corrected chi connectivity index (χ2v) is 5.59. The fourth-order valence-corrected chi connectivity index (χ4v) is 1.50. The summed E-state index contributed by atoms with van der Waals surface area (Å²) in [6, 6.07) is 7.79. The van der Waals surface area contributed by atoms with Gasteiger partial charge in [-0.3, -0.25) is 4.79 Å². The Labute approximate surface area is 116 Å². The Hall–Kier alpha value is -0.780. The summed E-state index contributed by atoms with van der Waals surface area (Å²) in [6.07, 6.45) is 0. The lowest BCUT2D eigenvalue weighted by Gasteiger charge is -2.17. The lowest BCUT2D eigenvalue weighted by molar-refractivity contribution is -0.124. The molecule has 0 bridgehead atoms. The number of hydrogen-bond donors (Lipinski definition) is 1. The predicted octanol–water partition coefficient (Wildman–Crippen LogP) is 2.83. The number of halogens is 1. The van der Waals surface area contributed by atoms with Crippen LogP contribution in [-0.2, 0) is 4.79 Å². The topological polar surface area (TPSA) is 38.3 Å². The van der Waals surface area contributed by atoms with Gasteiger partial charge in [-0.1, -0.05) is 13.8 Å². The molecule has 0 unspecified atom stereocenters. The first-order valence-corrected chi connectivity index (χ1v) is 6.74. The highest BCUT2D eigenvalue weighted by Crippen LogP contribution is 2.13. The second kappa shape index (κ2) is 6.83. The van der Waals surface area contributed by atoms with E-state index in [2.05, 4.69) is 41.8 Å². The van der Waals surface area contributed by atoms with Gasteiger partial charge in [0.05, 0.1) is 0 Å². The maximum Gasteiger partial charge on any atom is 0.258 e. The largest absolute Gasteiger partial charge is 0.484 e. The monoisotopic (exact) mass is 347 g/mol. The molecule has 0 fully saturated rings. The number of hydrogen-bond acceptors (Lipinski definition) is 2. The molecule has 0 heterocycles. The lowest BCUT2D eigenvalue weighted by Crippen LogP contribution is -2.38. The number of carbonyl (C=O) groups excluding carboxylic acids is 1. The number of amides is 1. The molecular formula is C13H18INO2. The fraction of sp³-hybridized carbons (Fsp3) is 0.462. The molecule has 94 valence electrons. The van der Waals surface area contributed by atoms with Crippen LogP contribution in [0.4, 0.5) is 0 Å². The van der Waals surface area contributed by atoms with Gasteiger partial charge in [0, 0.05) is 9.61 Å². The van der Waals surface area contributed by atoms with Gasteiger partial charge in [-0.25, -0.2) is 0 Å². The Kier molecular flexibility index (Phi) is 5.74. The second-order valence-electron chi connectivity index (χ2n) is 4.34. The Morgan fingerprint density at radius 3 is 2.41 bits per heavy atom. The first-order valence-electron chi connectivity index (χ1n) is 5.66. The first kappa shape index (κ1) is 14.3. The van der Waals surface area contributed by atoms with E-state index >= 15 is 0 Å². The molecule has 3 nitrogen and oxygen atoms in total. The first-order chi connectivity index (χ1) is 7.99. The van der Waals surface area contributed by atoms with E-state index in [-0.39, 0.29) is 18.6 Å². The summed E-state index contributed by atoms with van der Waals surface area (Å²) in [4.78, 5) is 11.6. The molecule has 0 spiro atoms. The van der Waals surface area contributed by atoms with E-state index in [0.29, 0.717) is 5.92 Å². The lowest BCUT2D eigenvalue weighted by atomic mass is 10.1. The van der Waals surface area contributed by atoms with Crippen molar-refractivity contribution >= 4 is 28.5 Å². The van der Waals surface area contributed by atoms with Gasteiger partial charge >= 0.3 is 0 Å². The van der Waals surface area contributed by atoms with Gasteiger partial charge < -0.3 is 10.1 Å². The Morgan fingerprint density at radius 2 is 1.88 bits per heavy atom. The summed E-state index contributed by atoms with van der Waals surface area (Å²) in [5, 5.41) is 2.90. The van der Waals surface area contributed by atoms with Crippen LogP contribution in [-0.4, -0.2) is 18.6 Å².